The lowest BCUT2D eigenvalue weighted by molar-refractivity contribution is -0.119. The van der Waals surface area contributed by atoms with E-state index >= 15 is 0 Å². The van der Waals surface area contributed by atoms with Gasteiger partial charge in [-0.1, -0.05) is 11.6 Å². The molecule has 1 heterocycles. The van der Waals surface area contributed by atoms with E-state index in [0.29, 0.717) is 13.0 Å². The first-order valence-electron chi connectivity index (χ1n) is 4.99. The fourth-order valence-corrected chi connectivity index (χ4v) is 2.36. The van der Waals surface area contributed by atoms with E-state index in [9.17, 15) is 9.59 Å². The van der Waals surface area contributed by atoms with Gasteiger partial charge in [-0.3, -0.25) is 10.1 Å². The third kappa shape index (κ3) is 5.91. The van der Waals surface area contributed by atoms with E-state index in [1.807, 2.05) is 12.1 Å². The van der Waals surface area contributed by atoms with Crippen LogP contribution in [0.25, 0.3) is 0 Å². The number of imide groups is 1. The Bertz CT molecular complexity index is 395. The molecule has 94 valence electrons. The molecule has 0 aliphatic carbocycles. The van der Waals surface area contributed by atoms with Gasteiger partial charge in [-0.2, -0.15) is 0 Å². The largest absolute Gasteiger partial charge is 0.337 e. The summed E-state index contributed by atoms with van der Waals surface area (Å²) >= 11 is 12.6. The maximum Gasteiger partial charge on any atom is 0.321 e. The van der Waals surface area contributed by atoms with E-state index in [1.165, 1.54) is 11.3 Å². The van der Waals surface area contributed by atoms with Gasteiger partial charge in [0.2, 0.25) is 5.91 Å². The quantitative estimate of drug-likeness (QED) is 0.820. The Morgan fingerprint density at radius 3 is 2.71 bits per heavy atom. The van der Waals surface area contributed by atoms with Gasteiger partial charge >= 0.3 is 6.03 Å². The first-order chi connectivity index (χ1) is 8.11. The molecule has 2 N–H and O–H groups in total. The van der Waals surface area contributed by atoms with Gasteiger partial charge in [-0.15, -0.1) is 22.9 Å². The molecule has 0 fully saturated rings. The number of thiophene rings is 1. The van der Waals surface area contributed by atoms with Crippen molar-refractivity contribution in [2.24, 2.45) is 0 Å². The molecule has 0 saturated carbocycles. The number of carbonyl (C=O) groups is 2. The average Bonchev–Trinajstić information content (AvgIpc) is 2.64. The van der Waals surface area contributed by atoms with Crippen LogP contribution in [-0.2, 0) is 11.2 Å². The van der Waals surface area contributed by atoms with Gasteiger partial charge in [0.25, 0.3) is 0 Å². The molecule has 17 heavy (non-hydrogen) atoms. The number of nitrogens with one attached hydrogen (secondary N) is 2. The molecule has 7 heteroatoms. The molecule has 3 amide bonds. The Kier molecular flexibility index (Phi) is 6.32. The first kappa shape index (κ1) is 14.3. The standard InChI is InChI=1S/C10H12Cl2N2O2S/c11-5-3-9(15)14-10(16)13-6-4-7-1-2-8(12)17-7/h1-2H,3-6H2,(H2,13,14,15,16). The van der Waals surface area contributed by atoms with Crippen molar-refractivity contribution in [3.05, 3.63) is 21.3 Å². The Balaban J connectivity index is 2.18. The molecule has 4 nitrogen and oxygen atoms in total. The van der Waals surface area contributed by atoms with Crippen molar-refractivity contribution in [2.75, 3.05) is 12.4 Å². The summed E-state index contributed by atoms with van der Waals surface area (Å²) < 4.78 is 0.724. The van der Waals surface area contributed by atoms with E-state index in [0.717, 1.165) is 9.21 Å². The summed E-state index contributed by atoms with van der Waals surface area (Å²) in [5.74, 6) is -0.177. The Hall–Kier alpha value is -0.780. The van der Waals surface area contributed by atoms with Gasteiger partial charge in [-0.05, 0) is 18.6 Å². The smallest absolute Gasteiger partial charge is 0.321 e. The highest BCUT2D eigenvalue weighted by Gasteiger charge is 2.06. The molecule has 0 radical (unpaired) electrons. The van der Waals surface area contributed by atoms with Crippen LogP contribution in [0.1, 0.15) is 11.3 Å². The summed E-state index contributed by atoms with van der Waals surface area (Å²) in [5.41, 5.74) is 0. The minimum atomic E-state index is -0.497. The summed E-state index contributed by atoms with van der Waals surface area (Å²) in [4.78, 5) is 23.3. The third-order valence-corrected chi connectivity index (χ3v) is 3.34. The van der Waals surface area contributed by atoms with Gasteiger partial charge in [0.1, 0.15) is 0 Å². The second kappa shape index (κ2) is 7.53. The molecule has 1 rings (SSSR count). The predicted octanol–water partition coefficient (Wildman–Crippen LogP) is 2.40. The summed E-state index contributed by atoms with van der Waals surface area (Å²) in [6.45, 7) is 0.455. The molecule has 1 aromatic rings. The Morgan fingerprint density at radius 1 is 1.35 bits per heavy atom. The molecule has 0 unspecified atom stereocenters. The van der Waals surface area contributed by atoms with E-state index in [2.05, 4.69) is 10.6 Å². The highest BCUT2D eigenvalue weighted by molar-refractivity contribution is 7.16. The maximum absolute atomic E-state index is 11.2. The number of amides is 3. The summed E-state index contributed by atoms with van der Waals surface area (Å²) in [7, 11) is 0. The molecule has 0 aromatic carbocycles. The van der Waals surface area contributed by atoms with Crippen LogP contribution in [0.2, 0.25) is 4.34 Å². The van der Waals surface area contributed by atoms with Crippen LogP contribution >= 0.6 is 34.5 Å². The minimum Gasteiger partial charge on any atom is -0.337 e. The van der Waals surface area contributed by atoms with E-state index in [1.54, 1.807) is 0 Å². The molecular formula is C10H12Cl2N2O2S. The zero-order valence-electron chi connectivity index (χ0n) is 8.96. The number of hydrogen-bond acceptors (Lipinski definition) is 3. The van der Waals surface area contributed by atoms with Crippen molar-refractivity contribution < 1.29 is 9.59 Å². The molecule has 0 saturated heterocycles. The second-order valence-electron chi connectivity index (χ2n) is 3.20. The van der Waals surface area contributed by atoms with Gasteiger partial charge < -0.3 is 5.32 Å². The highest BCUT2D eigenvalue weighted by atomic mass is 35.5. The number of urea groups is 1. The van der Waals surface area contributed by atoms with Crippen LogP contribution in [0.5, 0.6) is 0 Å². The Morgan fingerprint density at radius 2 is 2.12 bits per heavy atom. The third-order valence-electron chi connectivity index (χ3n) is 1.86. The summed E-state index contributed by atoms with van der Waals surface area (Å²) in [6.07, 6.45) is 0.823. The zero-order valence-corrected chi connectivity index (χ0v) is 11.3. The minimum absolute atomic E-state index is 0.134. The van der Waals surface area contributed by atoms with Crippen LogP contribution in [0.3, 0.4) is 0 Å². The molecule has 0 aliphatic heterocycles. The van der Waals surface area contributed by atoms with E-state index in [-0.39, 0.29) is 18.2 Å². The van der Waals surface area contributed by atoms with Crippen molar-refractivity contribution in [3.8, 4) is 0 Å². The molecular weight excluding hydrogens is 283 g/mol. The second-order valence-corrected chi connectivity index (χ2v) is 5.38. The lowest BCUT2D eigenvalue weighted by Crippen LogP contribution is -2.40. The molecule has 0 spiro atoms. The van der Waals surface area contributed by atoms with Crippen molar-refractivity contribution in [1.29, 1.82) is 0 Å². The monoisotopic (exact) mass is 294 g/mol. The predicted molar refractivity (Wildman–Crippen MR) is 69.9 cm³/mol. The average molecular weight is 295 g/mol. The maximum atomic E-state index is 11.2. The van der Waals surface area contributed by atoms with Crippen molar-refractivity contribution >= 4 is 46.5 Å². The first-order valence-corrected chi connectivity index (χ1v) is 6.72. The molecule has 0 aliphatic rings. The number of rotatable bonds is 5. The van der Waals surface area contributed by atoms with Crippen molar-refractivity contribution in [2.45, 2.75) is 12.8 Å². The summed E-state index contributed by atoms with van der Waals surface area (Å²) in [5, 5.41) is 4.76. The van der Waals surface area contributed by atoms with Gasteiger partial charge in [-0.25, -0.2) is 4.79 Å². The number of hydrogen-bond donors (Lipinski definition) is 2. The number of halogens is 2. The van der Waals surface area contributed by atoms with Crippen LogP contribution in [0.4, 0.5) is 4.79 Å². The zero-order chi connectivity index (χ0) is 12.7. The van der Waals surface area contributed by atoms with Crippen LogP contribution in [0.15, 0.2) is 12.1 Å². The number of alkyl halides is 1. The number of carbonyl (C=O) groups excluding carboxylic acids is 2. The SMILES string of the molecule is O=C(CCCl)NC(=O)NCCc1ccc(Cl)s1. The van der Waals surface area contributed by atoms with Crippen LogP contribution < -0.4 is 10.6 Å². The van der Waals surface area contributed by atoms with Crippen molar-refractivity contribution in [1.82, 2.24) is 10.6 Å². The molecule has 0 bridgehead atoms. The van der Waals surface area contributed by atoms with Gasteiger partial charge in [0.05, 0.1) is 4.34 Å². The normalized spacial score (nSPS) is 10.0. The van der Waals surface area contributed by atoms with Crippen LogP contribution in [0, 0.1) is 0 Å². The molecule has 0 atom stereocenters. The topological polar surface area (TPSA) is 58.2 Å². The van der Waals surface area contributed by atoms with Gasteiger partial charge in [0, 0.05) is 23.7 Å². The van der Waals surface area contributed by atoms with Gasteiger partial charge in [0.15, 0.2) is 0 Å². The fraction of sp³-hybridized carbons (Fsp3) is 0.400. The van der Waals surface area contributed by atoms with Crippen molar-refractivity contribution in [3.63, 3.8) is 0 Å². The van der Waals surface area contributed by atoms with E-state index < -0.39 is 6.03 Å². The lowest BCUT2D eigenvalue weighted by Gasteiger charge is -2.04. The highest BCUT2D eigenvalue weighted by Crippen LogP contribution is 2.21. The summed E-state index contributed by atoms with van der Waals surface area (Å²) in [6, 6.07) is 3.22. The Labute approximate surface area is 113 Å². The molecule has 1 aromatic heterocycles. The van der Waals surface area contributed by atoms with E-state index in [4.69, 9.17) is 23.2 Å². The van der Waals surface area contributed by atoms with Crippen LogP contribution in [-0.4, -0.2) is 24.4 Å². The lowest BCUT2D eigenvalue weighted by atomic mass is 10.3. The fourth-order valence-electron chi connectivity index (χ4n) is 1.10.